The monoisotopic (exact) mass is 302 g/mol. The summed E-state index contributed by atoms with van der Waals surface area (Å²) in [4.78, 5) is 0.212. The van der Waals surface area contributed by atoms with Gasteiger partial charge in [0.25, 0.3) is 0 Å². The quantitative estimate of drug-likeness (QED) is 0.661. The van der Waals surface area contributed by atoms with Crippen LogP contribution in [-0.4, -0.2) is 45.9 Å². The fourth-order valence-electron chi connectivity index (χ4n) is 1.69. The van der Waals surface area contributed by atoms with Gasteiger partial charge in [0, 0.05) is 18.8 Å². The minimum Gasteiger partial charge on any atom is -0.394 e. The zero-order chi connectivity index (χ0) is 15.2. The molecule has 0 amide bonds. The van der Waals surface area contributed by atoms with E-state index >= 15 is 0 Å². The topological polar surface area (TPSA) is 87.7 Å². The highest BCUT2D eigenvalue weighted by atomic mass is 32.2. The predicted molar refractivity (Wildman–Crippen MR) is 78.3 cm³/mol. The highest BCUT2D eigenvalue weighted by Crippen LogP contribution is 2.15. The fourth-order valence-corrected chi connectivity index (χ4v) is 2.94. The molecule has 6 nitrogen and oxygen atoms in total. The zero-order valence-electron chi connectivity index (χ0n) is 12.0. The number of hydrogen-bond acceptors (Lipinski definition) is 5. The number of anilines is 1. The van der Waals surface area contributed by atoms with Crippen molar-refractivity contribution in [3.8, 4) is 0 Å². The van der Waals surface area contributed by atoms with Gasteiger partial charge in [-0.1, -0.05) is 0 Å². The largest absolute Gasteiger partial charge is 0.394 e. The second-order valence-electron chi connectivity index (χ2n) is 4.78. The first-order chi connectivity index (χ1) is 9.39. The first kappa shape index (κ1) is 16.9. The Morgan fingerprint density at radius 1 is 1.25 bits per heavy atom. The third-order valence-corrected chi connectivity index (χ3v) is 4.19. The molecule has 1 aromatic rings. The number of aliphatic hydroxyl groups excluding tert-OH is 1. The molecule has 0 aliphatic carbocycles. The molecule has 1 unspecified atom stereocenters. The summed E-state index contributed by atoms with van der Waals surface area (Å²) in [6.45, 7) is 3.84. The van der Waals surface area contributed by atoms with Gasteiger partial charge in [0.1, 0.15) is 0 Å². The number of sulfonamides is 1. The van der Waals surface area contributed by atoms with E-state index in [-0.39, 0.29) is 23.6 Å². The minimum atomic E-state index is -3.47. The summed E-state index contributed by atoms with van der Waals surface area (Å²) >= 11 is 0. The third-order valence-electron chi connectivity index (χ3n) is 2.51. The number of ether oxygens (including phenoxy) is 1. The number of nitrogens with one attached hydrogen (secondary N) is 2. The summed E-state index contributed by atoms with van der Waals surface area (Å²) in [5.74, 6) is 0. The Bertz CT molecular complexity index is 500. The van der Waals surface area contributed by atoms with Crippen molar-refractivity contribution in [1.82, 2.24) is 4.72 Å². The van der Waals surface area contributed by atoms with Gasteiger partial charge in [0.05, 0.1) is 24.2 Å². The molecule has 20 heavy (non-hydrogen) atoms. The number of methoxy groups -OCH3 is 1. The molecule has 1 aromatic carbocycles. The summed E-state index contributed by atoms with van der Waals surface area (Å²) < 4.78 is 31.4. The molecule has 0 aliphatic heterocycles. The molecule has 0 saturated heterocycles. The fraction of sp³-hybridized carbons (Fsp3) is 0.538. The van der Waals surface area contributed by atoms with Crippen LogP contribution in [0.15, 0.2) is 29.2 Å². The van der Waals surface area contributed by atoms with Crippen molar-refractivity contribution in [1.29, 1.82) is 0 Å². The lowest BCUT2D eigenvalue weighted by Gasteiger charge is -2.17. The Morgan fingerprint density at radius 3 is 2.30 bits per heavy atom. The smallest absolute Gasteiger partial charge is 0.240 e. The third kappa shape index (κ3) is 5.09. The average Bonchev–Trinajstić information content (AvgIpc) is 2.37. The lowest BCUT2D eigenvalue weighted by molar-refractivity contribution is 0.153. The van der Waals surface area contributed by atoms with Crippen LogP contribution >= 0.6 is 0 Å². The lowest BCUT2D eigenvalue weighted by Crippen LogP contribution is -2.30. The van der Waals surface area contributed by atoms with E-state index in [1.807, 2.05) is 0 Å². The van der Waals surface area contributed by atoms with Gasteiger partial charge in [0.15, 0.2) is 0 Å². The van der Waals surface area contributed by atoms with Crippen LogP contribution in [0.5, 0.6) is 0 Å². The molecule has 0 bridgehead atoms. The van der Waals surface area contributed by atoms with E-state index in [1.165, 1.54) is 12.1 Å². The van der Waals surface area contributed by atoms with E-state index in [9.17, 15) is 8.42 Å². The van der Waals surface area contributed by atoms with E-state index in [0.29, 0.717) is 6.61 Å². The first-order valence-corrected chi connectivity index (χ1v) is 7.86. The Morgan fingerprint density at radius 2 is 1.85 bits per heavy atom. The molecule has 0 aromatic heterocycles. The summed E-state index contributed by atoms with van der Waals surface area (Å²) in [6, 6.07) is 5.98. The molecule has 0 heterocycles. The maximum atomic E-state index is 11.9. The first-order valence-electron chi connectivity index (χ1n) is 6.37. The van der Waals surface area contributed by atoms with Crippen molar-refractivity contribution in [2.24, 2.45) is 0 Å². The molecule has 7 heteroatoms. The van der Waals surface area contributed by atoms with Crippen LogP contribution in [0.3, 0.4) is 0 Å². The molecule has 1 rings (SSSR count). The van der Waals surface area contributed by atoms with Crippen LogP contribution in [0.25, 0.3) is 0 Å². The summed E-state index contributed by atoms with van der Waals surface area (Å²) in [7, 11) is -1.92. The Hall–Kier alpha value is -1.15. The number of hydrogen-bond donors (Lipinski definition) is 3. The van der Waals surface area contributed by atoms with Crippen LogP contribution in [-0.2, 0) is 14.8 Å². The van der Waals surface area contributed by atoms with E-state index in [2.05, 4.69) is 10.0 Å². The minimum absolute atomic E-state index is 0.0667. The summed E-state index contributed by atoms with van der Waals surface area (Å²) in [5.41, 5.74) is 0.726. The van der Waals surface area contributed by atoms with Crippen molar-refractivity contribution < 1.29 is 18.3 Å². The van der Waals surface area contributed by atoms with E-state index < -0.39 is 10.0 Å². The van der Waals surface area contributed by atoms with Crippen LogP contribution in [0.4, 0.5) is 5.69 Å². The molecule has 114 valence electrons. The van der Waals surface area contributed by atoms with Crippen molar-refractivity contribution in [3.63, 3.8) is 0 Å². The van der Waals surface area contributed by atoms with E-state index in [0.717, 1.165) is 5.69 Å². The second kappa shape index (κ2) is 7.58. The molecule has 0 radical (unpaired) electrons. The second-order valence-corrected chi connectivity index (χ2v) is 6.49. The van der Waals surface area contributed by atoms with Crippen LogP contribution in [0.1, 0.15) is 13.8 Å². The van der Waals surface area contributed by atoms with E-state index in [1.54, 1.807) is 33.1 Å². The molecule has 3 N–H and O–H groups in total. The van der Waals surface area contributed by atoms with Gasteiger partial charge in [-0.15, -0.1) is 0 Å². The van der Waals surface area contributed by atoms with Crippen molar-refractivity contribution >= 4 is 15.7 Å². The van der Waals surface area contributed by atoms with Crippen LogP contribution in [0.2, 0.25) is 0 Å². The van der Waals surface area contributed by atoms with Crippen molar-refractivity contribution in [2.45, 2.75) is 30.8 Å². The molecule has 0 spiro atoms. The molecular weight excluding hydrogens is 280 g/mol. The Kier molecular flexibility index (Phi) is 6.41. The van der Waals surface area contributed by atoms with Gasteiger partial charge < -0.3 is 15.2 Å². The Balaban J connectivity index is 2.78. The standard InChI is InChI=1S/C13H22N2O4S/c1-10(2)15-20(17,18)13-6-4-11(5-7-13)14-12(8-16)9-19-3/h4-7,10,12,14-16H,8-9H2,1-3H3. The van der Waals surface area contributed by atoms with Crippen molar-refractivity contribution in [2.75, 3.05) is 25.6 Å². The average molecular weight is 302 g/mol. The number of aliphatic hydroxyl groups is 1. The molecular formula is C13H22N2O4S. The highest BCUT2D eigenvalue weighted by molar-refractivity contribution is 7.89. The highest BCUT2D eigenvalue weighted by Gasteiger charge is 2.15. The van der Waals surface area contributed by atoms with Gasteiger partial charge in [-0.3, -0.25) is 0 Å². The zero-order valence-corrected chi connectivity index (χ0v) is 12.8. The molecule has 0 saturated carbocycles. The maximum absolute atomic E-state index is 11.9. The van der Waals surface area contributed by atoms with E-state index in [4.69, 9.17) is 9.84 Å². The predicted octanol–water partition coefficient (Wildman–Crippen LogP) is 0.792. The normalized spacial score (nSPS) is 13.4. The molecule has 0 aliphatic rings. The van der Waals surface area contributed by atoms with Gasteiger partial charge in [-0.25, -0.2) is 13.1 Å². The molecule has 0 fully saturated rings. The summed E-state index contributed by atoms with van der Waals surface area (Å²) in [6.07, 6.45) is 0. The van der Waals surface area contributed by atoms with Gasteiger partial charge >= 0.3 is 0 Å². The van der Waals surface area contributed by atoms with Crippen molar-refractivity contribution in [3.05, 3.63) is 24.3 Å². The molecule has 1 atom stereocenters. The summed E-state index contributed by atoms with van der Waals surface area (Å²) in [5, 5.41) is 12.2. The van der Waals surface area contributed by atoms with Crippen LogP contribution in [0, 0.1) is 0 Å². The number of rotatable bonds is 8. The Labute approximate surface area is 120 Å². The van der Waals surface area contributed by atoms with Gasteiger partial charge in [-0.2, -0.15) is 0 Å². The van der Waals surface area contributed by atoms with Gasteiger partial charge in [-0.05, 0) is 38.1 Å². The lowest BCUT2D eigenvalue weighted by atomic mass is 10.2. The SMILES string of the molecule is COCC(CO)Nc1ccc(S(=O)(=O)NC(C)C)cc1. The van der Waals surface area contributed by atoms with Crippen LogP contribution < -0.4 is 10.0 Å². The maximum Gasteiger partial charge on any atom is 0.240 e. The number of benzene rings is 1. The van der Waals surface area contributed by atoms with Gasteiger partial charge in [0.2, 0.25) is 10.0 Å².